The third-order valence-electron chi connectivity index (χ3n) is 4.11. The Balaban J connectivity index is 1.98. The summed E-state index contributed by atoms with van der Waals surface area (Å²) >= 11 is 0. The van der Waals surface area contributed by atoms with Crippen LogP contribution in [-0.2, 0) is 10.0 Å². The summed E-state index contributed by atoms with van der Waals surface area (Å²) < 4.78 is 26.2. The number of guanidine groups is 1. The van der Waals surface area contributed by atoms with Crippen molar-refractivity contribution in [2.24, 2.45) is 10.7 Å². The normalized spacial score (nSPS) is 12.3. The van der Waals surface area contributed by atoms with Crippen LogP contribution >= 0.6 is 0 Å². The Labute approximate surface area is 153 Å². The van der Waals surface area contributed by atoms with Crippen LogP contribution in [0.1, 0.15) is 0 Å². The highest BCUT2D eigenvalue weighted by Crippen LogP contribution is 2.26. The zero-order chi connectivity index (χ0) is 18.7. The van der Waals surface area contributed by atoms with Crippen LogP contribution in [0.25, 0.3) is 10.8 Å². The number of nitrogens with one attached hydrogen (secondary N) is 1. The molecule has 0 aliphatic carbocycles. The van der Waals surface area contributed by atoms with E-state index >= 15 is 0 Å². The molecule has 0 bridgehead atoms. The van der Waals surface area contributed by atoms with E-state index in [2.05, 4.69) is 9.71 Å². The molecule has 7 heteroatoms. The molecule has 0 unspecified atom stereocenters. The maximum atomic E-state index is 11.9. The van der Waals surface area contributed by atoms with Crippen molar-refractivity contribution >= 4 is 38.1 Å². The van der Waals surface area contributed by atoms with E-state index in [9.17, 15) is 8.42 Å². The molecule has 3 rings (SSSR count). The molecule has 0 saturated heterocycles. The summed E-state index contributed by atoms with van der Waals surface area (Å²) in [6.45, 7) is 0. The van der Waals surface area contributed by atoms with Crippen molar-refractivity contribution in [2.45, 2.75) is 4.90 Å². The fourth-order valence-electron chi connectivity index (χ4n) is 2.67. The second-order valence-electron chi connectivity index (χ2n) is 5.73. The first kappa shape index (κ1) is 17.9. The minimum atomic E-state index is -3.53. The van der Waals surface area contributed by atoms with Crippen LogP contribution in [0.15, 0.2) is 76.6 Å². The number of rotatable bonds is 4. The van der Waals surface area contributed by atoms with Gasteiger partial charge in [0, 0.05) is 12.4 Å². The maximum Gasteiger partial charge on any atom is 0.240 e. The van der Waals surface area contributed by atoms with Gasteiger partial charge < -0.3 is 10.6 Å². The fourth-order valence-corrected chi connectivity index (χ4v) is 3.44. The van der Waals surface area contributed by atoms with Crippen LogP contribution in [0.5, 0.6) is 0 Å². The Hall–Kier alpha value is -2.90. The Kier molecular flexibility index (Phi) is 4.92. The van der Waals surface area contributed by atoms with Crippen molar-refractivity contribution in [3.05, 3.63) is 66.7 Å². The van der Waals surface area contributed by atoms with Crippen LogP contribution < -0.4 is 15.4 Å². The average Bonchev–Trinajstić information content (AvgIpc) is 2.67. The molecular formula is C19H20N4O2S. The van der Waals surface area contributed by atoms with Crippen molar-refractivity contribution < 1.29 is 8.42 Å². The first-order valence-electron chi connectivity index (χ1n) is 8.01. The van der Waals surface area contributed by atoms with E-state index in [1.165, 1.54) is 19.2 Å². The predicted octanol–water partition coefficient (Wildman–Crippen LogP) is 2.83. The molecule has 0 atom stereocenters. The molecule has 3 aromatic rings. The Morgan fingerprint density at radius 3 is 2.50 bits per heavy atom. The summed E-state index contributed by atoms with van der Waals surface area (Å²) in [5.74, 6) is 0.264. The van der Waals surface area contributed by atoms with Gasteiger partial charge in [0.2, 0.25) is 16.0 Å². The number of nitrogens with zero attached hydrogens (tertiary/aromatic N) is 2. The quantitative estimate of drug-likeness (QED) is 0.547. The lowest BCUT2D eigenvalue weighted by Crippen LogP contribution is -2.33. The molecule has 26 heavy (non-hydrogen) atoms. The summed E-state index contributed by atoms with van der Waals surface area (Å²) in [6.07, 6.45) is 0. The van der Waals surface area contributed by atoms with E-state index in [1.54, 1.807) is 17.0 Å². The second kappa shape index (κ2) is 7.15. The third kappa shape index (κ3) is 3.54. The van der Waals surface area contributed by atoms with Crippen LogP contribution in [-0.4, -0.2) is 28.5 Å². The molecule has 0 saturated carbocycles. The topological polar surface area (TPSA) is 87.8 Å². The molecule has 0 amide bonds. The average molecular weight is 368 g/mol. The Bertz CT molecular complexity index is 1070. The number of anilines is 1. The maximum absolute atomic E-state index is 11.9. The smallest absolute Gasteiger partial charge is 0.240 e. The number of hydrogen-bond acceptors (Lipinski definition) is 3. The molecule has 6 nitrogen and oxygen atoms in total. The minimum absolute atomic E-state index is 0.141. The Morgan fingerprint density at radius 1 is 1.04 bits per heavy atom. The van der Waals surface area contributed by atoms with E-state index < -0.39 is 10.0 Å². The molecule has 0 aliphatic rings. The van der Waals surface area contributed by atoms with Crippen LogP contribution in [0.2, 0.25) is 0 Å². The molecule has 0 spiro atoms. The Morgan fingerprint density at radius 2 is 1.73 bits per heavy atom. The standard InChI is InChI=1S/C19H20N4O2S/c1-21-26(24,25)16-10-6-9-15(13-16)22-19(20)23(2)18-12-5-8-14-7-3-4-11-17(14)18/h3-13,21H,1-2H3,(H2,20,22). The van der Waals surface area contributed by atoms with E-state index in [0.29, 0.717) is 5.69 Å². The van der Waals surface area contributed by atoms with Crippen molar-refractivity contribution in [3.63, 3.8) is 0 Å². The van der Waals surface area contributed by atoms with Crippen LogP contribution in [0, 0.1) is 0 Å². The zero-order valence-corrected chi connectivity index (χ0v) is 15.4. The summed E-state index contributed by atoms with van der Waals surface area (Å²) in [7, 11) is -0.334. The lowest BCUT2D eigenvalue weighted by atomic mass is 10.1. The summed E-state index contributed by atoms with van der Waals surface area (Å²) in [5.41, 5.74) is 7.56. The van der Waals surface area contributed by atoms with Crippen molar-refractivity contribution in [1.29, 1.82) is 0 Å². The number of nitrogens with two attached hydrogens (primary N) is 1. The highest BCUT2D eigenvalue weighted by Gasteiger charge is 2.13. The molecule has 0 heterocycles. The van der Waals surface area contributed by atoms with Crippen LogP contribution in [0.4, 0.5) is 11.4 Å². The van der Waals surface area contributed by atoms with Crippen molar-refractivity contribution in [3.8, 4) is 0 Å². The monoisotopic (exact) mass is 368 g/mol. The lowest BCUT2D eigenvalue weighted by molar-refractivity contribution is 0.588. The first-order chi connectivity index (χ1) is 12.4. The molecule has 134 valence electrons. The summed E-state index contributed by atoms with van der Waals surface area (Å²) in [6, 6.07) is 20.3. The van der Waals surface area contributed by atoms with Gasteiger partial charge in [0.15, 0.2) is 0 Å². The van der Waals surface area contributed by atoms with Crippen molar-refractivity contribution in [1.82, 2.24) is 4.72 Å². The van der Waals surface area contributed by atoms with E-state index in [1.807, 2.05) is 49.5 Å². The highest BCUT2D eigenvalue weighted by atomic mass is 32.2. The van der Waals surface area contributed by atoms with Gasteiger partial charge in [0.25, 0.3) is 0 Å². The number of fused-ring (bicyclic) bond motifs is 1. The van der Waals surface area contributed by atoms with E-state index in [0.717, 1.165) is 16.5 Å². The van der Waals surface area contributed by atoms with Gasteiger partial charge in [-0.25, -0.2) is 18.1 Å². The number of hydrogen-bond donors (Lipinski definition) is 2. The van der Waals surface area contributed by atoms with Gasteiger partial charge in [0.05, 0.1) is 16.3 Å². The first-order valence-corrected chi connectivity index (χ1v) is 9.50. The van der Waals surface area contributed by atoms with E-state index in [-0.39, 0.29) is 10.9 Å². The summed E-state index contributed by atoms with van der Waals surface area (Å²) in [5, 5.41) is 2.16. The van der Waals surface area contributed by atoms with Crippen molar-refractivity contribution in [2.75, 3.05) is 19.0 Å². The van der Waals surface area contributed by atoms with Gasteiger partial charge >= 0.3 is 0 Å². The molecular weight excluding hydrogens is 348 g/mol. The third-order valence-corrected chi connectivity index (χ3v) is 5.52. The van der Waals surface area contributed by atoms with Gasteiger partial charge in [0.1, 0.15) is 0 Å². The predicted molar refractivity (Wildman–Crippen MR) is 106 cm³/mol. The molecule has 0 fully saturated rings. The van der Waals surface area contributed by atoms with Gasteiger partial charge in [-0.3, -0.25) is 0 Å². The molecule has 0 radical (unpaired) electrons. The number of benzene rings is 3. The fraction of sp³-hybridized carbons (Fsp3) is 0.105. The van der Waals surface area contributed by atoms with Gasteiger partial charge in [-0.2, -0.15) is 0 Å². The summed E-state index contributed by atoms with van der Waals surface area (Å²) in [4.78, 5) is 6.30. The van der Waals surface area contributed by atoms with Crippen LogP contribution in [0.3, 0.4) is 0 Å². The SMILES string of the molecule is CNS(=O)(=O)c1cccc(N=C(N)N(C)c2cccc3ccccc23)c1. The highest BCUT2D eigenvalue weighted by molar-refractivity contribution is 7.89. The molecule has 3 N–H and O–H groups in total. The molecule has 0 aromatic heterocycles. The van der Waals surface area contributed by atoms with Gasteiger partial charge in [-0.05, 0) is 36.7 Å². The van der Waals surface area contributed by atoms with Gasteiger partial charge in [-0.1, -0.05) is 42.5 Å². The number of aliphatic imine (C=N–C) groups is 1. The molecule has 3 aromatic carbocycles. The molecule has 0 aliphatic heterocycles. The zero-order valence-electron chi connectivity index (χ0n) is 14.5. The largest absolute Gasteiger partial charge is 0.369 e. The minimum Gasteiger partial charge on any atom is -0.369 e. The van der Waals surface area contributed by atoms with Gasteiger partial charge in [-0.15, -0.1) is 0 Å². The number of sulfonamides is 1. The van der Waals surface area contributed by atoms with E-state index in [4.69, 9.17) is 5.73 Å². The lowest BCUT2D eigenvalue weighted by Gasteiger charge is -2.20. The second-order valence-corrected chi connectivity index (χ2v) is 7.62.